The highest BCUT2D eigenvalue weighted by Crippen LogP contribution is 2.50. The van der Waals surface area contributed by atoms with Crippen LogP contribution in [0.5, 0.6) is 0 Å². The van der Waals surface area contributed by atoms with Gasteiger partial charge in [0.1, 0.15) is 0 Å². The highest BCUT2D eigenvalue weighted by molar-refractivity contribution is 6.24. The highest BCUT2D eigenvalue weighted by atomic mass is 14.9. The molecule has 3 nitrogen and oxygen atoms in total. The van der Waals surface area contributed by atoms with Crippen LogP contribution in [0.2, 0.25) is 0 Å². The van der Waals surface area contributed by atoms with Crippen molar-refractivity contribution in [2.45, 2.75) is 6.04 Å². The predicted molar refractivity (Wildman–Crippen MR) is 300 cm³/mol. The van der Waals surface area contributed by atoms with Crippen molar-refractivity contribution in [1.29, 1.82) is 0 Å². The van der Waals surface area contributed by atoms with E-state index in [1.54, 1.807) is 0 Å². The summed E-state index contributed by atoms with van der Waals surface area (Å²) < 4.78 is 0. The van der Waals surface area contributed by atoms with E-state index < -0.39 is 0 Å². The largest absolute Gasteiger partial charge is 0.373 e. The Bertz CT molecular complexity index is 3630. The maximum Gasteiger partial charge on any atom is 0.160 e. The molecule has 1 N–H and O–H groups in total. The van der Waals surface area contributed by atoms with Gasteiger partial charge in [-0.1, -0.05) is 255 Å². The van der Waals surface area contributed by atoms with Crippen LogP contribution in [-0.2, 0) is 0 Å². The van der Waals surface area contributed by atoms with Crippen molar-refractivity contribution in [2.24, 2.45) is 0 Å². The van der Waals surface area contributed by atoms with Crippen LogP contribution in [0, 0.1) is 0 Å². The van der Waals surface area contributed by atoms with Crippen molar-refractivity contribution in [1.82, 2.24) is 15.3 Å². The molecular weight excluding hydrogens is 871 g/mol. The lowest BCUT2D eigenvalue weighted by Gasteiger charge is -2.36. The normalized spacial score (nSPS) is 13.4. The third-order valence-corrected chi connectivity index (χ3v) is 13.6. The Morgan fingerprint density at radius 3 is 1.10 bits per heavy atom. The van der Waals surface area contributed by atoms with E-state index in [9.17, 15) is 0 Å². The van der Waals surface area contributed by atoms with Crippen molar-refractivity contribution in [3.8, 4) is 67.3 Å². The van der Waals surface area contributed by atoms with Gasteiger partial charge in [0.15, 0.2) is 5.82 Å². The van der Waals surface area contributed by atoms with E-state index in [1.165, 1.54) is 22.3 Å². The maximum atomic E-state index is 5.37. The van der Waals surface area contributed by atoms with E-state index in [2.05, 4.69) is 290 Å². The van der Waals surface area contributed by atoms with Gasteiger partial charge >= 0.3 is 0 Å². The fraction of sp³-hybridized carbons (Fsp3) is 0.0145. The van der Waals surface area contributed by atoms with Crippen LogP contribution in [0.1, 0.15) is 33.9 Å². The Balaban J connectivity index is 1.03. The molecule has 1 atom stereocenters. The molecule has 0 bridgehead atoms. The van der Waals surface area contributed by atoms with Gasteiger partial charge in [0.25, 0.3) is 0 Å². The Morgan fingerprint density at radius 1 is 0.250 bits per heavy atom. The highest BCUT2D eigenvalue weighted by Gasteiger charge is 2.33. The summed E-state index contributed by atoms with van der Waals surface area (Å²) in [5.74, 6) is 0.663. The summed E-state index contributed by atoms with van der Waals surface area (Å²) in [6.45, 7) is 0. The van der Waals surface area contributed by atoms with Gasteiger partial charge in [0.05, 0.1) is 23.1 Å². The van der Waals surface area contributed by atoms with Gasteiger partial charge in [0.2, 0.25) is 0 Å². The van der Waals surface area contributed by atoms with E-state index in [1.807, 2.05) is 0 Å². The first-order chi connectivity index (χ1) is 35.7. The summed E-state index contributed by atoms with van der Waals surface area (Å²) in [4.78, 5) is 10.7. The molecule has 0 amide bonds. The fourth-order valence-corrected chi connectivity index (χ4v) is 10.1. The standard InChI is InChI=1S/C69H49N3/c1-7-23-48(24-8-1)54-35-19-39-58(43-54)62-47-63(59-40-20-36-55(44-59)49-25-9-2-10-26-49)71-69(70-62)61-42-22-38-57(46-61)56-37-21-41-60(45-56)64-65(50-27-11-3-12-28-50)67(52-31-15-5-16-32-52)72-68(53-33-17-6-18-34-53)66(64)51-29-13-4-14-30-51/h1-47,67,72H. The molecule has 72 heavy (non-hydrogen) atoms. The molecule has 10 aromatic carbocycles. The number of hydrogen-bond donors (Lipinski definition) is 1. The van der Waals surface area contributed by atoms with Crippen LogP contribution in [0.15, 0.2) is 285 Å². The summed E-state index contributed by atoms with van der Waals surface area (Å²) in [6, 6.07) is 101. The molecule has 1 aliphatic rings. The molecule has 1 aromatic heterocycles. The van der Waals surface area contributed by atoms with Crippen molar-refractivity contribution < 1.29 is 0 Å². The first kappa shape index (κ1) is 43.8. The third kappa shape index (κ3) is 8.99. The van der Waals surface area contributed by atoms with Crippen LogP contribution in [0.3, 0.4) is 0 Å². The van der Waals surface area contributed by atoms with Crippen LogP contribution in [0.4, 0.5) is 0 Å². The molecule has 0 spiro atoms. The van der Waals surface area contributed by atoms with E-state index in [4.69, 9.17) is 9.97 Å². The number of benzene rings is 10. The average molecular weight is 920 g/mol. The van der Waals surface area contributed by atoms with E-state index in [0.29, 0.717) is 5.82 Å². The Morgan fingerprint density at radius 2 is 0.597 bits per heavy atom. The van der Waals surface area contributed by atoms with E-state index in [-0.39, 0.29) is 6.04 Å². The molecule has 11 aromatic rings. The maximum absolute atomic E-state index is 5.37. The monoisotopic (exact) mass is 919 g/mol. The molecule has 340 valence electrons. The van der Waals surface area contributed by atoms with Gasteiger partial charge in [-0.05, 0) is 103 Å². The minimum Gasteiger partial charge on any atom is -0.373 e. The second-order valence-corrected chi connectivity index (χ2v) is 18.1. The second-order valence-electron chi connectivity index (χ2n) is 18.1. The van der Waals surface area contributed by atoms with Gasteiger partial charge in [-0.3, -0.25) is 0 Å². The van der Waals surface area contributed by atoms with Gasteiger partial charge in [-0.15, -0.1) is 0 Å². The zero-order chi connectivity index (χ0) is 48.1. The van der Waals surface area contributed by atoms with Crippen molar-refractivity contribution in [2.75, 3.05) is 0 Å². The smallest absolute Gasteiger partial charge is 0.160 e. The van der Waals surface area contributed by atoms with E-state index in [0.717, 1.165) is 89.4 Å². The summed E-state index contributed by atoms with van der Waals surface area (Å²) in [5, 5.41) is 4.12. The number of allylic oxidation sites excluding steroid dienone is 2. The topological polar surface area (TPSA) is 37.8 Å². The predicted octanol–water partition coefficient (Wildman–Crippen LogP) is 17.3. The summed E-state index contributed by atoms with van der Waals surface area (Å²) in [6.07, 6.45) is 0. The first-order valence-electron chi connectivity index (χ1n) is 24.6. The van der Waals surface area contributed by atoms with Crippen molar-refractivity contribution in [3.63, 3.8) is 0 Å². The third-order valence-electron chi connectivity index (χ3n) is 13.6. The lowest BCUT2D eigenvalue weighted by molar-refractivity contribution is 0.787. The van der Waals surface area contributed by atoms with Gasteiger partial charge < -0.3 is 5.32 Å². The Hall–Kier alpha value is -9.44. The molecule has 12 rings (SSSR count). The number of nitrogens with one attached hydrogen (secondary N) is 1. The summed E-state index contributed by atoms with van der Waals surface area (Å²) in [7, 11) is 0. The average Bonchev–Trinajstić information content (AvgIpc) is 3.48. The zero-order valence-corrected chi connectivity index (χ0v) is 39.6. The first-order valence-corrected chi connectivity index (χ1v) is 24.6. The van der Waals surface area contributed by atoms with Gasteiger partial charge in [-0.2, -0.15) is 0 Å². The number of nitrogens with zero attached hydrogens (tertiary/aromatic N) is 2. The number of dihydropyridines is 1. The van der Waals surface area contributed by atoms with Gasteiger partial charge in [-0.25, -0.2) is 9.97 Å². The molecule has 0 aliphatic carbocycles. The molecule has 3 heteroatoms. The van der Waals surface area contributed by atoms with Crippen LogP contribution < -0.4 is 5.32 Å². The van der Waals surface area contributed by atoms with Crippen molar-refractivity contribution >= 4 is 22.4 Å². The quantitative estimate of drug-likeness (QED) is 0.140. The van der Waals surface area contributed by atoms with Gasteiger partial charge in [0, 0.05) is 22.3 Å². The fourth-order valence-electron chi connectivity index (χ4n) is 10.1. The van der Waals surface area contributed by atoms with Crippen LogP contribution in [-0.4, -0.2) is 9.97 Å². The lowest BCUT2D eigenvalue weighted by Crippen LogP contribution is -2.27. The van der Waals surface area contributed by atoms with Crippen molar-refractivity contribution in [3.05, 3.63) is 313 Å². The SMILES string of the molecule is c1ccc(C2=C(c3ccccc3)C(c3cccc(-c4cccc(-c5nc(-c6cccc(-c7ccccc7)c6)cc(-c6cccc(-c7ccccc7)c6)n5)c4)c3)=C(c3ccccc3)C(c3ccccc3)N2)cc1. The number of rotatable bonds is 11. The number of aromatic nitrogens is 2. The molecule has 1 unspecified atom stereocenters. The lowest BCUT2D eigenvalue weighted by atomic mass is 9.76. The summed E-state index contributed by atoms with van der Waals surface area (Å²) in [5.41, 5.74) is 21.9. The summed E-state index contributed by atoms with van der Waals surface area (Å²) >= 11 is 0. The minimum atomic E-state index is -0.140. The molecular formula is C69H49N3. The zero-order valence-electron chi connectivity index (χ0n) is 39.6. The van der Waals surface area contributed by atoms with Crippen LogP contribution in [0.25, 0.3) is 89.7 Å². The minimum absolute atomic E-state index is 0.140. The Kier molecular flexibility index (Phi) is 12.1. The van der Waals surface area contributed by atoms with Crippen LogP contribution >= 0.6 is 0 Å². The number of hydrogen-bond acceptors (Lipinski definition) is 3. The Labute approximate surface area is 421 Å². The molecule has 1 aliphatic heterocycles. The molecule has 0 saturated heterocycles. The molecule has 0 radical (unpaired) electrons. The second kappa shape index (κ2) is 19.9. The van der Waals surface area contributed by atoms with E-state index >= 15 is 0 Å². The molecule has 0 fully saturated rings. The molecule has 0 saturated carbocycles. The molecule has 2 heterocycles.